The van der Waals surface area contributed by atoms with Crippen LogP contribution < -0.4 is 5.32 Å². The number of aryl methyl sites for hydroxylation is 1. The molecule has 1 rings (SSSR count). The quantitative estimate of drug-likeness (QED) is 0.847. The van der Waals surface area contributed by atoms with Gasteiger partial charge in [0.15, 0.2) is 0 Å². The molecule has 5 heteroatoms. The molecule has 0 spiro atoms. The number of carbonyl (C=O) groups is 2. The molecule has 2 N–H and O–H groups in total. The second-order valence-electron chi connectivity index (χ2n) is 3.96. The van der Waals surface area contributed by atoms with Crippen LogP contribution in [0.5, 0.6) is 0 Å². The molecule has 0 aliphatic rings. The van der Waals surface area contributed by atoms with Crippen LogP contribution in [-0.2, 0) is 16.0 Å². The van der Waals surface area contributed by atoms with Crippen molar-refractivity contribution in [2.24, 2.45) is 0 Å². The third-order valence-corrected chi connectivity index (χ3v) is 3.17. The van der Waals surface area contributed by atoms with Gasteiger partial charge in [-0.2, -0.15) is 0 Å². The Hall–Kier alpha value is -1.36. The normalized spacial score (nSPS) is 10.1. The third-order valence-electron chi connectivity index (χ3n) is 2.51. The van der Waals surface area contributed by atoms with Crippen LogP contribution in [0.1, 0.15) is 31.7 Å². The Morgan fingerprint density at radius 2 is 2.06 bits per heavy atom. The van der Waals surface area contributed by atoms with Crippen molar-refractivity contribution in [3.63, 3.8) is 0 Å². The van der Waals surface area contributed by atoms with Gasteiger partial charge in [-0.15, -0.1) is 0 Å². The van der Waals surface area contributed by atoms with Gasteiger partial charge in [0, 0.05) is 17.3 Å². The average molecular weight is 314 g/mol. The first kappa shape index (κ1) is 14.7. The van der Waals surface area contributed by atoms with Gasteiger partial charge in [0.25, 0.3) is 0 Å². The summed E-state index contributed by atoms with van der Waals surface area (Å²) in [5.41, 5.74) is 1.90. The largest absolute Gasteiger partial charge is 0.481 e. The highest BCUT2D eigenvalue weighted by Gasteiger charge is 2.07. The lowest BCUT2D eigenvalue weighted by Gasteiger charge is -2.08. The number of hydrogen-bond acceptors (Lipinski definition) is 2. The van der Waals surface area contributed by atoms with E-state index in [0.29, 0.717) is 12.1 Å². The molecule has 0 radical (unpaired) electrons. The first-order chi connectivity index (χ1) is 8.52. The summed E-state index contributed by atoms with van der Waals surface area (Å²) in [4.78, 5) is 21.9. The minimum absolute atomic E-state index is 0.0172. The summed E-state index contributed by atoms with van der Waals surface area (Å²) in [5.74, 6) is -1.04. The van der Waals surface area contributed by atoms with Crippen molar-refractivity contribution in [1.29, 1.82) is 0 Å². The van der Waals surface area contributed by atoms with E-state index >= 15 is 0 Å². The fourth-order valence-corrected chi connectivity index (χ4v) is 2.02. The molecule has 0 fully saturated rings. The average Bonchev–Trinajstić information content (AvgIpc) is 2.31. The number of amides is 1. The molecule has 0 saturated carbocycles. The Balaban J connectivity index is 2.51. The maximum atomic E-state index is 11.6. The minimum atomic E-state index is -0.878. The standard InChI is InChI=1S/C13H16BrNO3/c1-2-9-6-7-11(10(14)8-9)15-12(16)4-3-5-13(17)18/h6-8H,2-5H2,1H3,(H,15,16)(H,17,18). The molecular weight excluding hydrogens is 298 g/mol. The number of halogens is 1. The maximum absolute atomic E-state index is 11.6. The van der Waals surface area contributed by atoms with Gasteiger partial charge in [0.2, 0.25) is 5.91 Å². The number of carboxylic acid groups (broad SMARTS) is 1. The summed E-state index contributed by atoms with van der Waals surface area (Å²) in [6.45, 7) is 2.06. The molecule has 1 aromatic carbocycles. The summed E-state index contributed by atoms with van der Waals surface area (Å²) in [7, 11) is 0. The molecule has 0 aromatic heterocycles. The zero-order valence-corrected chi connectivity index (χ0v) is 11.8. The predicted octanol–water partition coefficient (Wildman–Crippen LogP) is 3.20. The van der Waals surface area contributed by atoms with Crippen molar-refractivity contribution in [2.45, 2.75) is 32.6 Å². The Labute approximate surface area is 115 Å². The number of carbonyl (C=O) groups excluding carboxylic acids is 1. The molecule has 0 unspecified atom stereocenters. The van der Waals surface area contributed by atoms with E-state index in [0.717, 1.165) is 10.9 Å². The highest BCUT2D eigenvalue weighted by molar-refractivity contribution is 9.10. The highest BCUT2D eigenvalue weighted by atomic mass is 79.9. The first-order valence-corrected chi connectivity index (χ1v) is 6.62. The SMILES string of the molecule is CCc1ccc(NC(=O)CCCC(=O)O)c(Br)c1. The zero-order valence-electron chi connectivity index (χ0n) is 10.2. The summed E-state index contributed by atoms with van der Waals surface area (Å²) in [5, 5.41) is 11.2. The molecular formula is C13H16BrNO3. The number of carboxylic acids is 1. The first-order valence-electron chi connectivity index (χ1n) is 5.83. The van der Waals surface area contributed by atoms with Crippen molar-refractivity contribution in [3.05, 3.63) is 28.2 Å². The summed E-state index contributed by atoms with van der Waals surface area (Å²) in [6.07, 6.45) is 1.52. The van der Waals surface area contributed by atoms with E-state index < -0.39 is 5.97 Å². The Bertz CT molecular complexity index is 446. The number of aliphatic carboxylic acids is 1. The second-order valence-corrected chi connectivity index (χ2v) is 4.82. The van der Waals surface area contributed by atoms with E-state index in [1.54, 1.807) is 0 Å². The Morgan fingerprint density at radius 3 is 2.61 bits per heavy atom. The van der Waals surface area contributed by atoms with Crippen molar-refractivity contribution in [2.75, 3.05) is 5.32 Å². The zero-order chi connectivity index (χ0) is 13.5. The van der Waals surface area contributed by atoms with E-state index in [4.69, 9.17) is 5.11 Å². The van der Waals surface area contributed by atoms with Crippen LogP contribution in [0, 0.1) is 0 Å². The summed E-state index contributed by atoms with van der Waals surface area (Å²) in [6, 6.07) is 5.77. The van der Waals surface area contributed by atoms with Crippen LogP contribution in [0.2, 0.25) is 0 Å². The molecule has 4 nitrogen and oxygen atoms in total. The fraction of sp³-hybridized carbons (Fsp3) is 0.385. The summed E-state index contributed by atoms with van der Waals surface area (Å²) < 4.78 is 0.841. The van der Waals surface area contributed by atoms with Gasteiger partial charge in [-0.25, -0.2) is 0 Å². The molecule has 1 aromatic rings. The number of rotatable bonds is 6. The molecule has 18 heavy (non-hydrogen) atoms. The molecule has 98 valence electrons. The predicted molar refractivity (Wildman–Crippen MR) is 73.6 cm³/mol. The van der Waals surface area contributed by atoms with E-state index in [-0.39, 0.29) is 18.7 Å². The minimum Gasteiger partial charge on any atom is -0.481 e. The number of anilines is 1. The molecule has 0 saturated heterocycles. The van der Waals surface area contributed by atoms with Crippen LogP contribution in [0.4, 0.5) is 5.69 Å². The summed E-state index contributed by atoms with van der Waals surface area (Å²) >= 11 is 3.40. The van der Waals surface area contributed by atoms with Crippen molar-refractivity contribution in [1.82, 2.24) is 0 Å². The Kier molecular flexibility index (Phi) is 5.85. The lowest BCUT2D eigenvalue weighted by atomic mass is 10.1. The number of hydrogen-bond donors (Lipinski definition) is 2. The number of benzene rings is 1. The van der Waals surface area contributed by atoms with Crippen LogP contribution in [0.15, 0.2) is 22.7 Å². The molecule has 0 atom stereocenters. The van der Waals surface area contributed by atoms with Crippen LogP contribution in [-0.4, -0.2) is 17.0 Å². The van der Waals surface area contributed by atoms with Crippen molar-refractivity contribution >= 4 is 33.5 Å². The van der Waals surface area contributed by atoms with E-state index in [1.165, 1.54) is 5.56 Å². The lowest BCUT2D eigenvalue weighted by molar-refractivity contribution is -0.137. The van der Waals surface area contributed by atoms with E-state index in [2.05, 4.69) is 28.2 Å². The highest BCUT2D eigenvalue weighted by Crippen LogP contribution is 2.24. The molecule has 0 aliphatic heterocycles. The van der Waals surface area contributed by atoms with Crippen LogP contribution >= 0.6 is 15.9 Å². The van der Waals surface area contributed by atoms with Crippen LogP contribution in [0.3, 0.4) is 0 Å². The van der Waals surface area contributed by atoms with Gasteiger partial charge in [0.1, 0.15) is 0 Å². The van der Waals surface area contributed by atoms with Crippen molar-refractivity contribution < 1.29 is 14.7 Å². The smallest absolute Gasteiger partial charge is 0.303 e. The van der Waals surface area contributed by atoms with Gasteiger partial charge in [-0.3, -0.25) is 9.59 Å². The molecule has 0 heterocycles. The van der Waals surface area contributed by atoms with Gasteiger partial charge in [-0.05, 0) is 46.5 Å². The molecule has 0 bridgehead atoms. The van der Waals surface area contributed by atoms with Crippen LogP contribution in [0.25, 0.3) is 0 Å². The number of nitrogens with one attached hydrogen (secondary N) is 1. The molecule has 1 amide bonds. The van der Waals surface area contributed by atoms with Gasteiger partial charge >= 0.3 is 5.97 Å². The van der Waals surface area contributed by atoms with Crippen molar-refractivity contribution in [3.8, 4) is 0 Å². The Morgan fingerprint density at radius 1 is 1.33 bits per heavy atom. The van der Waals surface area contributed by atoms with Gasteiger partial charge in [-0.1, -0.05) is 13.0 Å². The lowest BCUT2D eigenvalue weighted by Crippen LogP contribution is -2.12. The van der Waals surface area contributed by atoms with Gasteiger partial charge in [0.05, 0.1) is 5.69 Å². The fourth-order valence-electron chi connectivity index (χ4n) is 1.49. The second kappa shape index (κ2) is 7.16. The molecule has 0 aliphatic carbocycles. The van der Waals surface area contributed by atoms with E-state index in [9.17, 15) is 9.59 Å². The maximum Gasteiger partial charge on any atom is 0.303 e. The monoisotopic (exact) mass is 313 g/mol. The van der Waals surface area contributed by atoms with E-state index in [1.807, 2.05) is 18.2 Å². The topological polar surface area (TPSA) is 66.4 Å². The third kappa shape index (κ3) is 4.87. The van der Waals surface area contributed by atoms with Gasteiger partial charge < -0.3 is 10.4 Å².